The summed E-state index contributed by atoms with van der Waals surface area (Å²) in [6.45, 7) is -0.161. The van der Waals surface area contributed by atoms with Gasteiger partial charge in [-0.15, -0.1) is 11.3 Å². The van der Waals surface area contributed by atoms with Gasteiger partial charge in [-0.1, -0.05) is 18.2 Å². The van der Waals surface area contributed by atoms with Crippen molar-refractivity contribution in [3.63, 3.8) is 0 Å². The van der Waals surface area contributed by atoms with Gasteiger partial charge in [0.2, 0.25) is 0 Å². The first-order chi connectivity index (χ1) is 13.6. The summed E-state index contributed by atoms with van der Waals surface area (Å²) < 4.78 is 6.12. The fraction of sp³-hybridized carbons (Fsp3) is 0.263. The van der Waals surface area contributed by atoms with E-state index in [1.54, 1.807) is 47.4 Å². The van der Waals surface area contributed by atoms with Crippen LogP contribution in [-0.2, 0) is 26.6 Å². The molecule has 9 heteroatoms. The monoisotopic (exact) mass is 417 g/mol. The van der Waals surface area contributed by atoms with Crippen molar-refractivity contribution in [3.8, 4) is 0 Å². The molecule has 1 amide bonds. The molecular weight excluding hydrogens is 398 g/mol. The highest BCUT2D eigenvalue weighted by molar-refractivity contribution is 7.98. The van der Waals surface area contributed by atoms with Crippen molar-refractivity contribution in [2.45, 2.75) is 12.3 Å². The Balaban J connectivity index is 1.37. The summed E-state index contributed by atoms with van der Waals surface area (Å²) in [5, 5.41) is 5.17. The van der Waals surface area contributed by atoms with Crippen molar-refractivity contribution in [2.24, 2.45) is 0 Å². The number of thioether (sulfide) groups is 1. The molecule has 7 nitrogen and oxygen atoms in total. The third-order valence-corrected chi connectivity index (χ3v) is 5.86. The van der Waals surface area contributed by atoms with Gasteiger partial charge < -0.3 is 10.1 Å². The molecule has 1 N–H and O–H groups in total. The van der Waals surface area contributed by atoms with E-state index in [0.717, 1.165) is 11.5 Å². The van der Waals surface area contributed by atoms with Crippen LogP contribution in [0.25, 0.3) is 10.9 Å². The number of carbonyl (C=O) groups excluding carboxylic acids is 2. The van der Waals surface area contributed by atoms with Crippen LogP contribution < -0.4 is 10.9 Å². The van der Waals surface area contributed by atoms with Crippen LogP contribution in [0, 0.1) is 0 Å². The second-order valence-electron chi connectivity index (χ2n) is 5.84. The maximum Gasteiger partial charge on any atom is 0.326 e. The Hall–Kier alpha value is -2.65. The van der Waals surface area contributed by atoms with Crippen molar-refractivity contribution in [1.29, 1.82) is 0 Å². The molecule has 0 unspecified atom stereocenters. The number of hydrogen-bond acceptors (Lipinski definition) is 7. The summed E-state index contributed by atoms with van der Waals surface area (Å²) in [5.74, 6) is 0.655. The molecule has 0 aliphatic rings. The summed E-state index contributed by atoms with van der Waals surface area (Å²) >= 11 is 3.43. The Morgan fingerprint density at radius 3 is 2.89 bits per heavy atom. The molecule has 2 heterocycles. The van der Waals surface area contributed by atoms with Gasteiger partial charge in [-0.3, -0.25) is 19.0 Å². The fourth-order valence-corrected chi connectivity index (χ4v) is 4.13. The highest BCUT2D eigenvalue weighted by atomic mass is 32.2. The highest BCUT2D eigenvalue weighted by Crippen LogP contribution is 2.16. The summed E-state index contributed by atoms with van der Waals surface area (Å²) in [6.07, 6.45) is 1.30. The molecule has 0 saturated carbocycles. The number of para-hydroxylation sites is 1. The molecule has 3 rings (SSSR count). The molecule has 0 fully saturated rings. The Morgan fingerprint density at radius 1 is 1.21 bits per heavy atom. The van der Waals surface area contributed by atoms with Gasteiger partial charge >= 0.3 is 5.97 Å². The zero-order valence-corrected chi connectivity index (χ0v) is 16.6. The minimum Gasteiger partial charge on any atom is -0.454 e. The third kappa shape index (κ3) is 5.67. The average molecular weight is 418 g/mol. The lowest BCUT2D eigenvalue weighted by molar-refractivity contribution is -0.149. The Bertz CT molecular complexity index is 1000. The average Bonchev–Trinajstić information content (AvgIpc) is 3.22. The Labute approximate surface area is 169 Å². The van der Waals surface area contributed by atoms with Crippen LogP contribution in [0.2, 0.25) is 0 Å². The molecule has 0 radical (unpaired) electrons. The topological polar surface area (TPSA) is 90.3 Å². The van der Waals surface area contributed by atoms with E-state index < -0.39 is 5.97 Å². The maximum atomic E-state index is 12.3. The van der Waals surface area contributed by atoms with Crippen molar-refractivity contribution in [3.05, 3.63) is 63.3 Å². The van der Waals surface area contributed by atoms with E-state index >= 15 is 0 Å². The lowest BCUT2D eigenvalue weighted by Gasteiger charge is -2.08. The molecule has 2 aromatic heterocycles. The number of rotatable bonds is 9. The standard InChI is InChI=1S/C19H19N3O4S2/c23-17(20-7-9-27-12-14-4-3-8-28-14)11-26-18(24)10-22-13-21-16-6-2-1-5-15(16)19(22)25/h1-6,8,13H,7,9-12H2,(H,20,23). The number of hydrogen-bond donors (Lipinski definition) is 1. The number of esters is 1. The number of fused-ring (bicyclic) bond motifs is 1. The van der Waals surface area contributed by atoms with E-state index in [0.29, 0.717) is 17.4 Å². The molecule has 0 atom stereocenters. The lowest BCUT2D eigenvalue weighted by Crippen LogP contribution is -2.32. The predicted octanol–water partition coefficient (Wildman–Crippen LogP) is 2.05. The van der Waals surface area contributed by atoms with Crippen LogP contribution in [-0.4, -0.2) is 40.3 Å². The van der Waals surface area contributed by atoms with Gasteiger partial charge in [0.1, 0.15) is 6.54 Å². The van der Waals surface area contributed by atoms with Gasteiger partial charge in [-0.2, -0.15) is 11.8 Å². The van der Waals surface area contributed by atoms with E-state index in [4.69, 9.17) is 4.74 Å². The number of carbonyl (C=O) groups is 2. The molecule has 0 bridgehead atoms. The summed E-state index contributed by atoms with van der Waals surface area (Å²) in [4.78, 5) is 41.4. The predicted molar refractivity (Wildman–Crippen MR) is 110 cm³/mol. The van der Waals surface area contributed by atoms with E-state index in [9.17, 15) is 14.4 Å². The van der Waals surface area contributed by atoms with E-state index in [1.807, 2.05) is 11.4 Å². The molecule has 28 heavy (non-hydrogen) atoms. The van der Waals surface area contributed by atoms with Crippen LogP contribution in [0.3, 0.4) is 0 Å². The van der Waals surface area contributed by atoms with Gasteiger partial charge in [0.05, 0.1) is 17.2 Å². The van der Waals surface area contributed by atoms with Crippen molar-refractivity contribution in [1.82, 2.24) is 14.9 Å². The van der Waals surface area contributed by atoms with Crippen LogP contribution in [0.4, 0.5) is 0 Å². The largest absolute Gasteiger partial charge is 0.454 e. The number of nitrogens with zero attached hydrogens (tertiary/aromatic N) is 2. The van der Waals surface area contributed by atoms with Crippen molar-refractivity contribution >= 4 is 45.9 Å². The quantitative estimate of drug-likeness (QED) is 0.423. The highest BCUT2D eigenvalue weighted by Gasteiger charge is 2.11. The first kappa shape index (κ1) is 20.1. The molecule has 1 aromatic carbocycles. The van der Waals surface area contributed by atoms with E-state index in [1.165, 1.54) is 15.8 Å². The van der Waals surface area contributed by atoms with Crippen LogP contribution in [0.15, 0.2) is 52.9 Å². The smallest absolute Gasteiger partial charge is 0.326 e. The number of benzene rings is 1. The summed E-state index contributed by atoms with van der Waals surface area (Å²) in [6, 6.07) is 11.0. The number of nitrogens with one attached hydrogen (secondary N) is 1. The molecule has 0 spiro atoms. The molecule has 0 aliphatic carbocycles. The van der Waals surface area contributed by atoms with E-state index in [2.05, 4.69) is 16.4 Å². The van der Waals surface area contributed by atoms with Crippen molar-refractivity contribution in [2.75, 3.05) is 18.9 Å². The first-order valence-corrected chi connectivity index (χ1v) is 10.6. The van der Waals surface area contributed by atoms with Gasteiger partial charge in [0, 0.05) is 22.9 Å². The maximum absolute atomic E-state index is 12.3. The van der Waals surface area contributed by atoms with Gasteiger partial charge in [0.25, 0.3) is 11.5 Å². The van der Waals surface area contributed by atoms with Gasteiger partial charge in [-0.05, 0) is 23.6 Å². The minimum absolute atomic E-state index is 0.291. The van der Waals surface area contributed by atoms with Crippen LogP contribution in [0.5, 0.6) is 0 Å². The number of aromatic nitrogens is 2. The van der Waals surface area contributed by atoms with Gasteiger partial charge in [-0.25, -0.2) is 4.98 Å². The molecule has 3 aromatic rings. The molecule has 0 aliphatic heterocycles. The minimum atomic E-state index is -0.665. The lowest BCUT2D eigenvalue weighted by atomic mass is 10.2. The molecule has 0 saturated heterocycles. The fourth-order valence-electron chi connectivity index (χ4n) is 2.43. The summed E-state index contributed by atoms with van der Waals surface area (Å²) in [5.41, 5.74) is 0.239. The number of thiophene rings is 1. The van der Waals surface area contributed by atoms with E-state index in [-0.39, 0.29) is 24.6 Å². The Kier molecular flexibility index (Phi) is 7.21. The first-order valence-electron chi connectivity index (χ1n) is 8.60. The molecule has 146 valence electrons. The zero-order valence-electron chi connectivity index (χ0n) is 15.0. The van der Waals surface area contributed by atoms with Crippen LogP contribution >= 0.6 is 23.1 Å². The normalized spacial score (nSPS) is 10.7. The summed E-state index contributed by atoms with van der Waals surface area (Å²) in [7, 11) is 0. The second kappa shape index (κ2) is 10.0. The van der Waals surface area contributed by atoms with Crippen LogP contribution in [0.1, 0.15) is 4.88 Å². The third-order valence-electron chi connectivity index (χ3n) is 3.79. The van der Waals surface area contributed by atoms with Crippen molar-refractivity contribution < 1.29 is 14.3 Å². The number of amides is 1. The SMILES string of the molecule is O=C(COC(=O)Cn1cnc2ccccc2c1=O)NCCSCc1cccs1. The molecular formula is C19H19N3O4S2. The Morgan fingerprint density at radius 2 is 2.07 bits per heavy atom. The second-order valence-corrected chi connectivity index (χ2v) is 7.97. The van der Waals surface area contributed by atoms with Gasteiger partial charge in [0.15, 0.2) is 6.61 Å². The number of ether oxygens (including phenoxy) is 1. The zero-order chi connectivity index (χ0) is 19.8.